The van der Waals surface area contributed by atoms with Gasteiger partial charge in [-0.15, -0.1) is 0 Å². The molecule has 0 fully saturated rings. The van der Waals surface area contributed by atoms with Gasteiger partial charge < -0.3 is 20.7 Å². The Kier molecular flexibility index (Phi) is 7.69. The highest BCUT2D eigenvalue weighted by Gasteiger charge is 2.05. The lowest BCUT2D eigenvalue weighted by Crippen LogP contribution is -2.24. The van der Waals surface area contributed by atoms with Crippen LogP contribution in [0.5, 0.6) is 5.75 Å². The van der Waals surface area contributed by atoms with Crippen LogP contribution in [0.3, 0.4) is 0 Å². The molecule has 3 N–H and O–H groups in total. The molecular weight excluding hydrogens is 254 g/mol. The lowest BCUT2D eigenvalue weighted by molar-refractivity contribution is -0.121. The third kappa shape index (κ3) is 6.54. The van der Waals surface area contributed by atoms with Crippen molar-refractivity contribution in [2.75, 3.05) is 33.8 Å². The molecule has 0 aliphatic rings. The summed E-state index contributed by atoms with van der Waals surface area (Å²) in [6.07, 6.45) is 1.19. The summed E-state index contributed by atoms with van der Waals surface area (Å²) < 4.78 is 5.75. The first-order valence-electron chi connectivity index (χ1n) is 6.95. The molecule has 0 aliphatic heterocycles. The molecule has 1 aromatic rings. The Morgan fingerprint density at radius 3 is 2.80 bits per heavy atom. The smallest absolute Gasteiger partial charge is 0.220 e. The second kappa shape index (κ2) is 9.34. The van der Waals surface area contributed by atoms with Gasteiger partial charge in [-0.1, -0.05) is 18.2 Å². The van der Waals surface area contributed by atoms with Gasteiger partial charge in [0.25, 0.3) is 0 Å². The Hall–Kier alpha value is -1.59. The highest BCUT2D eigenvalue weighted by Crippen LogP contribution is 2.17. The van der Waals surface area contributed by atoms with Crippen LogP contribution < -0.4 is 15.8 Å². The fourth-order valence-electron chi connectivity index (χ4n) is 1.67. The van der Waals surface area contributed by atoms with Gasteiger partial charge in [0.05, 0.1) is 0 Å². The maximum Gasteiger partial charge on any atom is 0.220 e. The quantitative estimate of drug-likeness (QED) is 0.707. The first kappa shape index (κ1) is 16.5. The van der Waals surface area contributed by atoms with E-state index in [0.717, 1.165) is 17.9 Å². The van der Waals surface area contributed by atoms with E-state index in [2.05, 4.69) is 10.2 Å². The van der Waals surface area contributed by atoms with E-state index in [1.165, 1.54) is 0 Å². The monoisotopic (exact) mass is 279 g/mol. The SMILES string of the molecule is CN(C)CCOc1ccccc1CNC(=O)CCCN. The van der Waals surface area contributed by atoms with Crippen LogP contribution in [0, 0.1) is 0 Å². The first-order chi connectivity index (χ1) is 9.63. The second-order valence-electron chi connectivity index (χ2n) is 4.93. The number of carbonyl (C=O) groups is 1. The molecule has 0 aromatic heterocycles. The van der Waals surface area contributed by atoms with Crippen LogP contribution in [0.4, 0.5) is 0 Å². The van der Waals surface area contributed by atoms with Crippen molar-refractivity contribution < 1.29 is 9.53 Å². The van der Waals surface area contributed by atoms with E-state index < -0.39 is 0 Å². The van der Waals surface area contributed by atoms with Crippen molar-refractivity contribution in [2.45, 2.75) is 19.4 Å². The molecule has 0 unspecified atom stereocenters. The zero-order chi connectivity index (χ0) is 14.8. The van der Waals surface area contributed by atoms with Crippen molar-refractivity contribution in [1.82, 2.24) is 10.2 Å². The van der Waals surface area contributed by atoms with Crippen molar-refractivity contribution in [3.05, 3.63) is 29.8 Å². The molecule has 0 spiro atoms. The summed E-state index contributed by atoms with van der Waals surface area (Å²) in [5.74, 6) is 0.854. The zero-order valence-corrected chi connectivity index (χ0v) is 12.4. The predicted octanol–water partition coefficient (Wildman–Crippen LogP) is 0.982. The standard InChI is InChI=1S/C15H25N3O2/c1-18(2)10-11-20-14-7-4-3-6-13(14)12-17-15(19)8-5-9-16/h3-4,6-7H,5,8-12,16H2,1-2H3,(H,17,19). The van der Waals surface area contributed by atoms with Crippen molar-refractivity contribution in [3.63, 3.8) is 0 Å². The molecule has 5 heteroatoms. The van der Waals surface area contributed by atoms with Gasteiger partial charge in [0.15, 0.2) is 0 Å². The number of nitrogens with zero attached hydrogens (tertiary/aromatic N) is 1. The van der Waals surface area contributed by atoms with Crippen LogP contribution in [0.25, 0.3) is 0 Å². The number of nitrogens with one attached hydrogen (secondary N) is 1. The molecule has 0 heterocycles. The Bertz CT molecular complexity index is 408. The van der Waals surface area contributed by atoms with E-state index in [0.29, 0.717) is 32.5 Å². The lowest BCUT2D eigenvalue weighted by Gasteiger charge is -2.14. The van der Waals surface area contributed by atoms with Crippen LogP contribution in [-0.4, -0.2) is 44.6 Å². The topological polar surface area (TPSA) is 67.6 Å². The fourth-order valence-corrected chi connectivity index (χ4v) is 1.67. The van der Waals surface area contributed by atoms with Crippen molar-refractivity contribution in [1.29, 1.82) is 0 Å². The highest BCUT2D eigenvalue weighted by atomic mass is 16.5. The predicted molar refractivity (Wildman–Crippen MR) is 80.6 cm³/mol. The number of ether oxygens (including phenoxy) is 1. The molecule has 0 aliphatic carbocycles. The molecule has 1 amide bonds. The van der Waals surface area contributed by atoms with E-state index in [-0.39, 0.29) is 5.91 Å². The number of likely N-dealkylation sites (N-methyl/N-ethyl adjacent to an activating group) is 1. The van der Waals surface area contributed by atoms with Gasteiger partial charge in [-0.25, -0.2) is 0 Å². The summed E-state index contributed by atoms with van der Waals surface area (Å²) in [4.78, 5) is 13.6. The van der Waals surface area contributed by atoms with Crippen molar-refractivity contribution in [2.24, 2.45) is 5.73 Å². The van der Waals surface area contributed by atoms with E-state index in [9.17, 15) is 4.79 Å². The number of nitrogens with two attached hydrogens (primary N) is 1. The summed E-state index contributed by atoms with van der Waals surface area (Å²) in [6.45, 7) is 2.52. The summed E-state index contributed by atoms with van der Waals surface area (Å²) in [7, 11) is 4.01. The number of benzene rings is 1. The van der Waals surface area contributed by atoms with Gasteiger partial charge in [0.2, 0.25) is 5.91 Å². The molecule has 0 bridgehead atoms. The van der Waals surface area contributed by atoms with Gasteiger partial charge in [-0.2, -0.15) is 0 Å². The number of hydrogen-bond acceptors (Lipinski definition) is 4. The highest BCUT2D eigenvalue weighted by molar-refractivity contribution is 5.75. The Morgan fingerprint density at radius 2 is 2.10 bits per heavy atom. The summed E-state index contributed by atoms with van der Waals surface area (Å²) >= 11 is 0. The number of para-hydroxylation sites is 1. The number of carbonyl (C=O) groups excluding carboxylic acids is 1. The molecule has 0 saturated carbocycles. The van der Waals surface area contributed by atoms with Crippen LogP contribution >= 0.6 is 0 Å². The van der Waals surface area contributed by atoms with E-state index >= 15 is 0 Å². The fraction of sp³-hybridized carbons (Fsp3) is 0.533. The molecule has 20 heavy (non-hydrogen) atoms. The van der Waals surface area contributed by atoms with Gasteiger partial charge in [0.1, 0.15) is 12.4 Å². The molecule has 1 rings (SSSR count). The minimum Gasteiger partial charge on any atom is -0.492 e. The molecule has 112 valence electrons. The Balaban J connectivity index is 2.46. The third-order valence-corrected chi connectivity index (χ3v) is 2.85. The van der Waals surface area contributed by atoms with Gasteiger partial charge in [-0.05, 0) is 33.1 Å². The third-order valence-electron chi connectivity index (χ3n) is 2.85. The van der Waals surface area contributed by atoms with E-state index in [4.69, 9.17) is 10.5 Å². The maximum absolute atomic E-state index is 11.6. The molecule has 5 nitrogen and oxygen atoms in total. The second-order valence-corrected chi connectivity index (χ2v) is 4.93. The molecule has 0 radical (unpaired) electrons. The Labute approximate surface area is 121 Å². The largest absolute Gasteiger partial charge is 0.492 e. The van der Waals surface area contributed by atoms with Gasteiger partial charge >= 0.3 is 0 Å². The van der Waals surface area contributed by atoms with Crippen LogP contribution in [0.2, 0.25) is 0 Å². The zero-order valence-electron chi connectivity index (χ0n) is 12.4. The van der Waals surface area contributed by atoms with E-state index in [1.807, 2.05) is 38.4 Å². The Morgan fingerprint density at radius 1 is 1.35 bits per heavy atom. The minimum absolute atomic E-state index is 0.0264. The average molecular weight is 279 g/mol. The summed E-state index contributed by atoms with van der Waals surface area (Å²) in [6, 6.07) is 7.77. The number of rotatable bonds is 9. The molecular formula is C15H25N3O2. The van der Waals surface area contributed by atoms with Crippen LogP contribution in [0.15, 0.2) is 24.3 Å². The lowest BCUT2D eigenvalue weighted by atomic mass is 10.2. The normalized spacial score (nSPS) is 10.6. The van der Waals surface area contributed by atoms with Crippen LogP contribution in [-0.2, 0) is 11.3 Å². The van der Waals surface area contributed by atoms with Gasteiger partial charge in [-0.3, -0.25) is 4.79 Å². The van der Waals surface area contributed by atoms with Crippen molar-refractivity contribution >= 4 is 5.91 Å². The number of hydrogen-bond donors (Lipinski definition) is 2. The summed E-state index contributed by atoms with van der Waals surface area (Å²) in [5.41, 5.74) is 6.38. The van der Waals surface area contributed by atoms with E-state index in [1.54, 1.807) is 0 Å². The maximum atomic E-state index is 11.6. The average Bonchev–Trinajstić information content (AvgIpc) is 2.43. The minimum atomic E-state index is 0.0264. The molecule has 0 saturated heterocycles. The van der Waals surface area contributed by atoms with Crippen molar-refractivity contribution in [3.8, 4) is 5.75 Å². The molecule has 0 atom stereocenters. The first-order valence-corrected chi connectivity index (χ1v) is 6.95. The van der Waals surface area contributed by atoms with Crippen LogP contribution in [0.1, 0.15) is 18.4 Å². The summed E-state index contributed by atoms with van der Waals surface area (Å²) in [5, 5.41) is 2.89. The number of amides is 1. The molecule has 1 aromatic carbocycles. The van der Waals surface area contributed by atoms with Gasteiger partial charge in [0, 0.05) is 25.1 Å².